The molecule has 1 unspecified atom stereocenters. The predicted octanol–water partition coefficient (Wildman–Crippen LogP) is 5.69. The van der Waals surface area contributed by atoms with Gasteiger partial charge in [-0.1, -0.05) is 29.3 Å². The molecule has 1 atom stereocenters. The van der Waals surface area contributed by atoms with Gasteiger partial charge in [-0.25, -0.2) is 4.98 Å². The average Bonchev–Trinajstić information content (AvgIpc) is 3.07. The Morgan fingerprint density at radius 3 is 2.50 bits per heavy atom. The topological polar surface area (TPSA) is 38.0 Å². The molecule has 0 fully saturated rings. The van der Waals surface area contributed by atoms with E-state index in [1.807, 2.05) is 0 Å². The fourth-order valence-electron chi connectivity index (χ4n) is 2.81. The summed E-state index contributed by atoms with van der Waals surface area (Å²) < 4.78 is 40.4. The van der Waals surface area contributed by atoms with Gasteiger partial charge in [0.15, 0.2) is 11.4 Å². The monoisotopic (exact) mass is 484 g/mol. The van der Waals surface area contributed by atoms with Gasteiger partial charge in [0.1, 0.15) is 0 Å². The maximum Gasteiger partial charge on any atom is 0.416 e. The summed E-state index contributed by atoms with van der Waals surface area (Å²) in [6.07, 6.45) is -4.45. The van der Waals surface area contributed by atoms with Crippen molar-refractivity contribution >= 4 is 63.2 Å². The van der Waals surface area contributed by atoms with Crippen LogP contribution in [0.15, 0.2) is 36.4 Å². The van der Waals surface area contributed by atoms with Gasteiger partial charge in [-0.15, -0.1) is 17.0 Å². The molecule has 4 rings (SSSR count). The van der Waals surface area contributed by atoms with Gasteiger partial charge in [0, 0.05) is 0 Å². The van der Waals surface area contributed by atoms with E-state index in [1.54, 1.807) is 22.2 Å². The number of hydrogen-bond acceptors (Lipinski definition) is 3. The zero-order valence-electron chi connectivity index (χ0n) is 12.7. The van der Waals surface area contributed by atoms with E-state index in [0.717, 1.165) is 12.1 Å². The summed E-state index contributed by atoms with van der Waals surface area (Å²) in [5.41, 5.74) is -1.06. The standard InChI is InChI=1S/C16H9Cl2F3N2OS.BrH/c17-10-3-1-8(5-11(10)18)15(24)7-25-23-13-4-2-9(16(19,20)21)6-12(13)22-14(15)23;/h1-6,24H,7H2;1H. The Bertz CT molecular complexity index is 1010. The maximum atomic E-state index is 12.9. The van der Waals surface area contributed by atoms with Crippen LogP contribution in [0, 0.1) is 0 Å². The summed E-state index contributed by atoms with van der Waals surface area (Å²) in [7, 11) is 0. The Morgan fingerprint density at radius 1 is 1.12 bits per heavy atom. The quantitative estimate of drug-likeness (QED) is 0.481. The van der Waals surface area contributed by atoms with E-state index in [1.165, 1.54) is 18.0 Å². The van der Waals surface area contributed by atoms with Crippen LogP contribution in [0.1, 0.15) is 17.0 Å². The number of aromatic nitrogens is 2. The summed E-state index contributed by atoms with van der Waals surface area (Å²) in [6, 6.07) is 8.09. The van der Waals surface area contributed by atoms with E-state index >= 15 is 0 Å². The Hall–Kier alpha value is -0.930. The minimum atomic E-state index is -4.45. The van der Waals surface area contributed by atoms with E-state index in [0.29, 0.717) is 16.1 Å². The van der Waals surface area contributed by atoms with Crippen LogP contribution in [-0.2, 0) is 11.8 Å². The maximum absolute atomic E-state index is 12.9. The van der Waals surface area contributed by atoms with Crippen LogP contribution in [0.3, 0.4) is 0 Å². The van der Waals surface area contributed by atoms with E-state index in [2.05, 4.69) is 4.98 Å². The van der Waals surface area contributed by atoms with E-state index in [4.69, 9.17) is 23.2 Å². The van der Waals surface area contributed by atoms with Crippen LogP contribution >= 0.6 is 52.1 Å². The minimum Gasteiger partial charge on any atom is -0.376 e. The molecule has 0 radical (unpaired) electrons. The molecule has 3 aromatic rings. The largest absolute Gasteiger partial charge is 0.416 e. The van der Waals surface area contributed by atoms with Gasteiger partial charge in [0.05, 0.1) is 32.4 Å². The number of imidazole rings is 1. The molecule has 1 N–H and O–H groups in total. The molecule has 0 saturated heterocycles. The molecule has 3 nitrogen and oxygen atoms in total. The highest BCUT2D eigenvalue weighted by atomic mass is 79.9. The number of fused-ring (bicyclic) bond motifs is 3. The molecule has 0 saturated carbocycles. The highest BCUT2D eigenvalue weighted by Crippen LogP contribution is 2.44. The zero-order valence-corrected chi connectivity index (χ0v) is 16.8. The van der Waals surface area contributed by atoms with Gasteiger partial charge in [-0.3, -0.25) is 3.97 Å². The second-order valence-corrected chi connectivity index (χ2v) is 7.42. The molecule has 1 aliphatic heterocycles. The number of rotatable bonds is 1. The van der Waals surface area contributed by atoms with Crippen molar-refractivity contribution < 1.29 is 18.3 Å². The molecular formula is C16H10BrCl2F3N2OS. The fourth-order valence-corrected chi connectivity index (χ4v) is 4.33. The van der Waals surface area contributed by atoms with Crippen LogP contribution in [0.25, 0.3) is 11.0 Å². The highest BCUT2D eigenvalue weighted by molar-refractivity contribution is 8.93. The first-order valence-corrected chi connectivity index (χ1v) is 8.81. The van der Waals surface area contributed by atoms with Gasteiger partial charge in [-0.05, 0) is 47.8 Å². The first-order chi connectivity index (χ1) is 11.7. The second kappa shape index (κ2) is 6.60. The van der Waals surface area contributed by atoms with Crippen LogP contribution in [0.5, 0.6) is 0 Å². The van der Waals surface area contributed by atoms with Crippen molar-refractivity contribution in [2.75, 3.05) is 5.75 Å². The summed E-state index contributed by atoms with van der Waals surface area (Å²) in [5, 5.41) is 11.8. The Labute approximate surface area is 171 Å². The molecule has 138 valence electrons. The van der Waals surface area contributed by atoms with E-state index in [-0.39, 0.29) is 39.1 Å². The van der Waals surface area contributed by atoms with Gasteiger partial charge in [0.2, 0.25) is 0 Å². The molecule has 10 heteroatoms. The molecule has 0 bridgehead atoms. The van der Waals surface area contributed by atoms with Crippen molar-refractivity contribution in [2.24, 2.45) is 0 Å². The first kappa shape index (κ1) is 19.8. The van der Waals surface area contributed by atoms with Crippen molar-refractivity contribution in [3.8, 4) is 0 Å². The van der Waals surface area contributed by atoms with Crippen LogP contribution in [0.2, 0.25) is 10.0 Å². The van der Waals surface area contributed by atoms with Crippen LogP contribution in [-0.4, -0.2) is 19.8 Å². The summed E-state index contributed by atoms with van der Waals surface area (Å²) in [6.45, 7) is 0. The molecule has 0 spiro atoms. The molecule has 0 amide bonds. The third-order valence-electron chi connectivity index (χ3n) is 4.11. The lowest BCUT2D eigenvalue weighted by molar-refractivity contribution is -0.137. The van der Waals surface area contributed by atoms with Crippen molar-refractivity contribution in [1.82, 2.24) is 8.96 Å². The lowest BCUT2D eigenvalue weighted by Gasteiger charge is -2.21. The van der Waals surface area contributed by atoms with Gasteiger partial charge in [-0.2, -0.15) is 13.2 Å². The second-order valence-electron chi connectivity index (χ2n) is 5.69. The third kappa shape index (κ3) is 3.01. The van der Waals surface area contributed by atoms with Crippen molar-refractivity contribution in [3.05, 3.63) is 63.4 Å². The van der Waals surface area contributed by atoms with E-state index in [9.17, 15) is 18.3 Å². The Morgan fingerprint density at radius 2 is 1.85 bits per heavy atom. The van der Waals surface area contributed by atoms with Gasteiger partial charge in [0.25, 0.3) is 0 Å². The molecule has 1 aromatic heterocycles. The van der Waals surface area contributed by atoms with Crippen molar-refractivity contribution in [1.29, 1.82) is 0 Å². The third-order valence-corrected chi connectivity index (χ3v) is 6.02. The fraction of sp³-hybridized carbons (Fsp3) is 0.188. The number of nitrogens with zero attached hydrogens (tertiary/aromatic N) is 2. The summed E-state index contributed by atoms with van der Waals surface area (Å²) in [4.78, 5) is 4.27. The molecule has 0 aliphatic carbocycles. The lowest BCUT2D eigenvalue weighted by atomic mass is 9.95. The zero-order chi connectivity index (χ0) is 18.0. The molecule has 2 aromatic carbocycles. The summed E-state index contributed by atoms with van der Waals surface area (Å²) >= 11 is 13.2. The van der Waals surface area contributed by atoms with Crippen LogP contribution in [0.4, 0.5) is 13.2 Å². The number of benzene rings is 2. The lowest BCUT2D eigenvalue weighted by Crippen LogP contribution is -2.28. The normalized spacial score (nSPS) is 19.5. The number of alkyl halides is 3. The first-order valence-electron chi connectivity index (χ1n) is 7.11. The van der Waals surface area contributed by atoms with Gasteiger partial charge >= 0.3 is 6.18 Å². The SMILES string of the molecule is Br.OC1(c2ccc(Cl)c(Cl)c2)CSn2c1nc1cc(C(F)(F)F)ccc12. The molecule has 2 heterocycles. The van der Waals surface area contributed by atoms with Crippen LogP contribution < -0.4 is 0 Å². The van der Waals surface area contributed by atoms with Crippen molar-refractivity contribution in [3.63, 3.8) is 0 Å². The Kier molecular flexibility index (Phi) is 5.03. The molecule has 1 aliphatic rings. The van der Waals surface area contributed by atoms with Gasteiger partial charge < -0.3 is 5.11 Å². The summed E-state index contributed by atoms with van der Waals surface area (Å²) in [5.74, 6) is 0.537. The van der Waals surface area contributed by atoms with E-state index < -0.39 is 17.3 Å². The molecule has 26 heavy (non-hydrogen) atoms. The predicted molar refractivity (Wildman–Crippen MR) is 102 cm³/mol. The Balaban J connectivity index is 0.00000196. The highest BCUT2D eigenvalue weighted by Gasteiger charge is 2.43. The van der Waals surface area contributed by atoms with Crippen molar-refractivity contribution in [2.45, 2.75) is 11.8 Å². The average molecular weight is 486 g/mol. The number of aliphatic hydroxyl groups is 1. The molecular weight excluding hydrogens is 476 g/mol. The number of halogens is 6. The minimum absolute atomic E-state index is 0. The smallest absolute Gasteiger partial charge is 0.376 e. The number of hydrogen-bond donors (Lipinski definition) is 1.